The molecule has 1 heterocycles. The van der Waals surface area contributed by atoms with E-state index in [1.807, 2.05) is 25.7 Å². The average Bonchev–Trinajstić information content (AvgIpc) is 2.13. The first kappa shape index (κ1) is 14.4. The Bertz CT molecular complexity index is 369. The zero-order valence-electron chi connectivity index (χ0n) is 10.6. The second kappa shape index (κ2) is 4.94. The molecule has 1 fully saturated rings. The highest BCUT2D eigenvalue weighted by atomic mass is 32.2. The summed E-state index contributed by atoms with van der Waals surface area (Å²) in [7, 11) is -2.90. The predicted molar refractivity (Wildman–Crippen MR) is 65.8 cm³/mol. The average molecular weight is 263 g/mol. The van der Waals surface area contributed by atoms with Crippen LogP contribution in [0, 0.1) is 0 Å². The topological polar surface area (TPSA) is 74.7 Å². The SMILES string of the molecule is CC(C)(C)N(CC(=O)O)C1CCS(=O)(=O)CC1. The maximum Gasteiger partial charge on any atom is 0.317 e. The fourth-order valence-corrected chi connectivity index (χ4v) is 3.72. The van der Waals surface area contributed by atoms with Crippen molar-refractivity contribution in [2.75, 3.05) is 18.1 Å². The summed E-state index contributed by atoms with van der Waals surface area (Å²) in [4.78, 5) is 12.8. The van der Waals surface area contributed by atoms with Gasteiger partial charge >= 0.3 is 5.97 Å². The number of carbonyl (C=O) groups is 1. The predicted octanol–water partition coefficient (Wildman–Crippen LogP) is 0.749. The van der Waals surface area contributed by atoms with Crippen LogP contribution in [-0.2, 0) is 14.6 Å². The second-order valence-electron chi connectivity index (χ2n) is 5.58. The molecule has 100 valence electrons. The Kier molecular flexibility index (Phi) is 4.19. The lowest BCUT2D eigenvalue weighted by atomic mass is 9.99. The highest BCUT2D eigenvalue weighted by Gasteiger charge is 2.34. The van der Waals surface area contributed by atoms with Crippen molar-refractivity contribution in [2.45, 2.75) is 45.2 Å². The van der Waals surface area contributed by atoms with Gasteiger partial charge in [-0.05, 0) is 33.6 Å². The van der Waals surface area contributed by atoms with Crippen molar-refractivity contribution in [3.63, 3.8) is 0 Å². The van der Waals surface area contributed by atoms with Gasteiger partial charge in [0.1, 0.15) is 9.84 Å². The summed E-state index contributed by atoms with van der Waals surface area (Å²) in [5.41, 5.74) is -0.260. The van der Waals surface area contributed by atoms with Crippen LogP contribution in [0.4, 0.5) is 0 Å². The molecule has 0 bridgehead atoms. The monoisotopic (exact) mass is 263 g/mol. The molecule has 1 aliphatic rings. The van der Waals surface area contributed by atoms with Crippen LogP contribution in [0.5, 0.6) is 0 Å². The standard InChI is InChI=1S/C11H21NO4S/c1-11(2,3)12(8-10(13)14)9-4-6-17(15,16)7-5-9/h9H,4-8H2,1-3H3,(H,13,14). The van der Waals surface area contributed by atoms with E-state index in [-0.39, 0.29) is 29.6 Å². The quantitative estimate of drug-likeness (QED) is 0.813. The fourth-order valence-electron chi connectivity index (χ4n) is 2.25. The van der Waals surface area contributed by atoms with Crippen molar-refractivity contribution in [3.05, 3.63) is 0 Å². The van der Waals surface area contributed by atoms with Crippen LogP contribution < -0.4 is 0 Å². The van der Waals surface area contributed by atoms with Crippen LogP contribution in [0.25, 0.3) is 0 Å². The Balaban J connectivity index is 2.76. The van der Waals surface area contributed by atoms with E-state index >= 15 is 0 Å². The van der Waals surface area contributed by atoms with Gasteiger partial charge in [0.15, 0.2) is 0 Å². The summed E-state index contributed by atoms with van der Waals surface area (Å²) in [5, 5.41) is 8.92. The lowest BCUT2D eigenvalue weighted by Gasteiger charge is -2.42. The van der Waals surface area contributed by atoms with E-state index in [4.69, 9.17) is 5.11 Å². The van der Waals surface area contributed by atoms with E-state index < -0.39 is 15.8 Å². The van der Waals surface area contributed by atoms with Gasteiger partial charge in [0.05, 0.1) is 18.1 Å². The van der Waals surface area contributed by atoms with E-state index in [1.54, 1.807) is 0 Å². The van der Waals surface area contributed by atoms with Gasteiger partial charge in [0, 0.05) is 11.6 Å². The van der Waals surface area contributed by atoms with E-state index in [0.29, 0.717) is 12.8 Å². The molecule has 1 aliphatic heterocycles. The summed E-state index contributed by atoms with van der Waals surface area (Å²) >= 11 is 0. The summed E-state index contributed by atoms with van der Waals surface area (Å²) in [5.74, 6) is -0.526. The molecule has 0 radical (unpaired) electrons. The first-order valence-corrected chi connectivity index (χ1v) is 7.63. The summed E-state index contributed by atoms with van der Waals surface area (Å²) < 4.78 is 22.7. The zero-order valence-corrected chi connectivity index (χ0v) is 11.5. The molecular formula is C11H21NO4S. The third-order valence-corrected chi connectivity index (χ3v) is 4.85. The molecule has 0 atom stereocenters. The number of carboxylic acids is 1. The molecular weight excluding hydrogens is 242 g/mol. The lowest BCUT2D eigenvalue weighted by Crippen LogP contribution is -2.52. The van der Waals surface area contributed by atoms with E-state index in [2.05, 4.69) is 0 Å². The smallest absolute Gasteiger partial charge is 0.317 e. The minimum Gasteiger partial charge on any atom is -0.480 e. The molecule has 0 saturated carbocycles. The molecule has 0 unspecified atom stereocenters. The third kappa shape index (κ3) is 4.27. The maximum absolute atomic E-state index is 11.4. The van der Waals surface area contributed by atoms with Crippen LogP contribution in [0.2, 0.25) is 0 Å². The molecule has 0 amide bonds. The molecule has 0 aliphatic carbocycles. The van der Waals surface area contributed by atoms with Crippen molar-refractivity contribution < 1.29 is 18.3 Å². The van der Waals surface area contributed by atoms with Gasteiger partial charge in [0.25, 0.3) is 0 Å². The van der Waals surface area contributed by atoms with E-state index in [0.717, 1.165) is 0 Å². The van der Waals surface area contributed by atoms with Crippen molar-refractivity contribution in [3.8, 4) is 0 Å². The Hall–Kier alpha value is -0.620. The molecule has 5 nitrogen and oxygen atoms in total. The van der Waals surface area contributed by atoms with Crippen molar-refractivity contribution in [2.24, 2.45) is 0 Å². The van der Waals surface area contributed by atoms with E-state index in [9.17, 15) is 13.2 Å². The Labute approximate surface area is 103 Å². The van der Waals surface area contributed by atoms with Gasteiger partial charge in [-0.25, -0.2) is 8.42 Å². The second-order valence-corrected chi connectivity index (χ2v) is 7.88. The largest absolute Gasteiger partial charge is 0.480 e. The molecule has 1 N–H and O–H groups in total. The maximum atomic E-state index is 11.4. The molecule has 1 saturated heterocycles. The number of sulfone groups is 1. The number of nitrogens with zero attached hydrogens (tertiary/aromatic N) is 1. The number of aliphatic carboxylic acids is 1. The number of hydrogen-bond acceptors (Lipinski definition) is 4. The van der Waals surface area contributed by atoms with Crippen molar-refractivity contribution in [1.82, 2.24) is 4.90 Å². The highest BCUT2D eigenvalue weighted by molar-refractivity contribution is 7.91. The molecule has 6 heteroatoms. The van der Waals surface area contributed by atoms with Gasteiger partial charge in [0.2, 0.25) is 0 Å². The molecule has 0 aromatic rings. The van der Waals surface area contributed by atoms with Gasteiger partial charge in [-0.1, -0.05) is 0 Å². The van der Waals surface area contributed by atoms with Crippen molar-refractivity contribution >= 4 is 15.8 Å². The Morgan fingerprint density at radius 1 is 1.29 bits per heavy atom. The summed E-state index contributed by atoms with van der Waals surface area (Å²) in [6.45, 7) is 5.84. The highest BCUT2D eigenvalue weighted by Crippen LogP contribution is 2.24. The van der Waals surface area contributed by atoms with E-state index in [1.165, 1.54) is 0 Å². The van der Waals surface area contributed by atoms with Gasteiger partial charge in [-0.3, -0.25) is 9.69 Å². The fraction of sp³-hybridized carbons (Fsp3) is 0.909. The van der Waals surface area contributed by atoms with Gasteiger partial charge < -0.3 is 5.11 Å². The van der Waals surface area contributed by atoms with Gasteiger partial charge in [-0.15, -0.1) is 0 Å². The van der Waals surface area contributed by atoms with Crippen molar-refractivity contribution in [1.29, 1.82) is 0 Å². The molecule has 1 rings (SSSR count). The lowest BCUT2D eigenvalue weighted by molar-refractivity contribution is -0.140. The van der Waals surface area contributed by atoms with Crippen LogP contribution in [-0.4, -0.2) is 54.0 Å². The first-order valence-electron chi connectivity index (χ1n) is 5.81. The van der Waals surface area contributed by atoms with Crippen LogP contribution in [0.1, 0.15) is 33.6 Å². The molecule has 0 aromatic carbocycles. The summed E-state index contributed by atoms with van der Waals surface area (Å²) in [6.07, 6.45) is 1.07. The first-order chi connectivity index (χ1) is 7.62. The minimum atomic E-state index is -2.90. The van der Waals surface area contributed by atoms with Crippen LogP contribution >= 0.6 is 0 Å². The third-order valence-electron chi connectivity index (χ3n) is 3.13. The number of carboxylic acid groups (broad SMARTS) is 1. The summed E-state index contributed by atoms with van der Waals surface area (Å²) in [6, 6.07) is 0.0506. The normalized spacial score (nSPS) is 21.6. The molecule has 0 spiro atoms. The minimum absolute atomic E-state index is 0.0335. The van der Waals surface area contributed by atoms with Gasteiger partial charge in [-0.2, -0.15) is 0 Å². The molecule has 0 aromatic heterocycles. The zero-order chi connectivity index (χ0) is 13.3. The Morgan fingerprint density at radius 3 is 2.12 bits per heavy atom. The number of hydrogen-bond donors (Lipinski definition) is 1. The van der Waals surface area contributed by atoms with Crippen LogP contribution in [0.15, 0.2) is 0 Å². The number of rotatable bonds is 3. The van der Waals surface area contributed by atoms with Crippen LogP contribution in [0.3, 0.4) is 0 Å². The Morgan fingerprint density at radius 2 is 1.76 bits per heavy atom. The molecule has 17 heavy (non-hydrogen) atoms.